The molecule has 13 heteroatoms. The van der Waals surface area contributed by atoms with Gasteiger partial charge in [0.2, 0.25) is 5.91 Å². The topological polar surface area (TPSA) is 116 Å². The van der Waals surface area contributed by atoms with Crippen LogP contribution in [0.4, 0.5) is 14.9 Å². The third kappa shape index (κ3) is 6.85. The number of hydrogen-bond donors (Lipinski definition) is 1. The molecule has 0 aliphatic carbocycles. The molecule has 3 aromatic rings. The zero-order valence-corrected chi connectivity index (χ0v) is 29.1. The molecule has 0 radical (unpaired) electrons. The minimum atomic E-state index is -0.613. The molecule has 2 aromatic heterocycles. The number of ether oxygens (including phenoxy) is 2. The Morgan fingerprint density at radius 1 is 1.10 bits per heavy atom. The Balaban J connectivity index is 1.29. The van der Waals surface area contributed by atoms with Crippen LogP contribution in [-0.2, 0) is 26.1 Å². The van der Waals surface area contributed by atoms with Crippen molar-refractivity contribution in [2.75, 3.05) is 57.4 Å². The van der Waals surface area contributed by atoms with E-state index in [9.17, 15) is 19.1 Å². The number of hydrogen-bond acceptors (Lipinski definition) is 9. The number of fused-ring (bicyclic) bond motifs is 3. The van der Waals surface area contributed by atoms with Gasteiger partial charge >= 0.3 is 6.09 Å². The van der Waals surface area contributed by atoms with Gasteiger partial charge in [-0.25, -0.2) is 18.7 Å². The van der Waals surface area contributed by atoms with Gasteiger partial charge in [0.05, 0.1) is 31.1 Å². The molecule has 2 fully saturated rings. The van der Waals surface area contributed by atoms with Crippen molar-refractivity contribution in [2.45, 2.75) is 84.0 Å². The number of phenols is 1. The number of rotatable bonds is 6. The number of nitrogens with zero attached hydrogens (tertiary/aromatic N) is 7. The zero-order valence-electron chi connectivity index (χ0n) is 29.1. The van der Waals surface area contributed by atoms with E-state index in [4.69, 9.17) is 9.47 Å². The molecule has 0 spiro atoms. The molecule has 3 atom stereocenters. The minimum absolute atomic E-state index is 0.0465. The first-order valence-electron chi connectivity index (χ1n) is 16.8. The number of carbonyl (C=O) groups is 2. The minimum Gasteiger partial charge on any atom is -0.508 e. The van der Waals surface area contributed by atoms with E-state index in [1.165, 1.54) is 12.4 Å². The number of amides is 2. The Hall–Kier alpha value is -3.81. The highest BCUT2D eigenvalue weighted by atomic mass is 19.1. The Bertz CT molecular complexity index is 1690. The maximum atomic E-state index is 14.4. The largest absolute Gasteiger partial charge is 0.508 e. The number of piperazine rings is 1. The van der Waals surface area contributed by atoms with Gasteiger partial charge in [-0.3, -0.25) is 14.6 Å². The van der Waals surface area contributed by atoms with Gasteiger partial charge in [0.1, 0.15) is 23.5 Å². The number of benzene rings is 1. The van der Waals surface area contributed by atoms with Gasteiger partial charge in [-0.2, -0.15) is 5.10 Å². The number of aromatic hydroxyl groups is 1. The smallest absolute Gasteiger partial charge is 0.410 e. The first-order valence-corrected chi connectivity index (χ1v) is 16.8. The fourth-order valence-electron chi connectivity index (χ4n) is 7.28. The molecule has 48 heavy (non-hydrogen) atoms. The zero-order chi connectivity index (χ0) is 34.5. The number of morpholine rings is 1. The number of anilines is 1. The Labute approximate surface area is 281 Å². The summed E-state index contributed by atoms with van der Waals surface area (Å²) in [5.74, 6) is -0.699. The lowest BCUT2D eigenvalue weighted by molar-refractivity contribution is -0.121. The first kappa shape index (κ1) is 34.1. The second kappa shape index (κ2) is 12.9. The van der Waals surface area contributed by atoms with Crippen LogP contribution in [0.3, 0.4) is 0 Å². The van der Waals surface area contributed by atoms with Crippen molar-refractivity contribution >= 4 is 23.3 Å². The number of carbonyl (C=O) groups excluding carboxylic acids is 2. The van der Waals surface area contributed by atoms with Gasteiger partial charge in [-0.15, -0.1) is 0 Å². The molecule has 3 aliphatic rings. The summed E-state index contributed by atoms with van der Waals surface area (Å²) in [6.45, 7) is 18.3. The third-order valence-electron chi connectivity index (χ3n) is 9.69. The van der Waals surface area contributed by atoms with Gasteiger partial charge in [-0.05, 0) is 52.3 Å². The van der Waals surface area contributed by atoms with E-state index in [-0.39, 0.29) is 48.8 Å². The van der Waals surface area contributed by atoms with Gasteiger partial charge in [-0.1, -0.05) is 19.9 Å². The summed E-state index contributed by atoms with van der Waals surface area (Å²) in [5.41, 5.74) is 2.55. The van der Waals surface area contributed by atoms with Crippen LogP contribution in [0, 0.1) is 5.82 Å². The van der Waals surface area contributed by atoms with Gasteiger partial charge < -0.3 is 24.4 Å². The number of pyridine rings is 1. The van der Waals surface area contributed by atoms with E-state index < -0.39 is 16.8 Å². The predicted octanol–water partition coefficient (Wildman–Crippen LogP) is 3.82. The summed E-state index contributed by atoms with van der Waals surface area (Å²) in [4.78, 5) is 40.5. The molecule has 0 unspecified atom stereocenters. The summed E-state index contributed by atoms with van der Waals surface area (Å²) in [6, 6.07) is 5.91. The molecule has 260 valence electrons. The van der Waals surface area contributed by atoms with Crippen molar-refractivity contribution in [1.82, 2.24) is 29.3 Å². The molecule has 2 amide bonds. The predicted molar refractivity (Wildman–Crippen MR) is 179 cm³/mol. The molecule has 6 rings (SSSR count). The fraction of sp³-hybridized carbons (Fsp3) is 0.600. The van der Waals surface area contributed by atoms with Crippen molar-refractivity contribution in [1.29, 1.82) is 0 Å². The molecule has 12 nitrogen and oxygen atoms in total. The van der Waals surface area contributed by atoms with E-state index in [0.717, 1.165) is 29.6 Å². The van der Waals surface area contributed by atoms with Crippen LogP contribution in [0.2, 0.25) is 0 Å². The number of aromatic nitrogens is 3. The molecule has 5 heterocycles. The van der Waals surface area contributed by atoms with E-state index in [0.29, 0.717) is 50.6 Å². The highest BCUT2D eigenvalue weighted by Crippen LogP contribution is 2.42. The molecule has 0 saturated carbocycles. The van der Waals surface area contributed by atoms with E-state index in [2.05, 4.69) is 40.7 Å². The summed E-state index contributed by atoms with van der Waals surface area (Å²) >= 11 is 0. The Kier molecular flexibility index (Phi) is 9.16. The Morgan fingerprint density at radius 2 is 1.88 bits per heavy atom. The van der Waals surface area contributed by atoms with Crippen LogP contribution >= 0.6 is 0 Å². The molecule has 1 aromatic carbocycles. The lowest BCUT2D eigenvalue weighted by atomic mass is 9.90. The lowest BCUT2D eigenvalue weighted by Crippen LogP contribution is -2.64. The second-order valence-electron chi connectivity index (χ2n) is 15.2. The van der Waals surface area contributed by atoms with Crippen LogP contribution in [0.25, 0.3) is 5.65 Å². The number of halogens is 1. The highest BCUT2D eigenvalue weighted by molar-refractivity contribution is 5.98. The van der Waals surface area contributed by atoms with Crippen LogP contribution in [0.1, 0.15) is 65.3 Å². The van der Waals surface area contributed by atoms with Crippen molar-refractivity contribution in [2.24, 2.45) is 0 Å². The van der Waals surface area contributed by atoms with Crippen molar-refractivity contribution in [3.63, 3.8) is 0 Å². The van der Waals surface area contributed by atoms with Crippen LogP contribution in [0.5, 0.6) is 5.75 Å². The second-order valence-corrected chi connectivity index (χ2v) is 15.2. The Morgan fingerprint density at radius 3 is 2.58 bits per heavy atom. The average Bonchev–Trinajstić information content (AvgIpc) is 3.58. The molecule has 2 saturated heterocycles. The molecule has 1 N–H and O–H groups in total. The van der Waals surface area contributed by atoms with Gasteiger partial charge in [0, 0.05) is 74.3 Å². The summed E-state index contributed by atoms with van der Waals surface area (Å²) in [7, 11) is 0. The lowest BCUT2D eigenvalue weighted by Gasteiger charge is -2.47. The van der Waals surface area contributed by atoms with Crippen molar-refractivity contribution in [3.05, 3.63) is 53.2 Å². The average molecular weight is 666 g/mol. The van der Waals surface area contributed by atoms with Crippen LogP contribution < -0.4 is 4.90 Å². The monoisotopic (exact) mass is 665 g/mol. The van der Waals surface area contributed by atoms with E-state index in [1.54, 1.807) is 15.5 Å². The quantitative estimate of drug-likeness (QED) is 0.420. The van der Waals surface area contributed by atoms with Crippen LogP contribution in [0.15, 0.2) is 30.6 Å². The van der Waals surface area contributed by atoms with E-state index >= 15 is 0 Å². The van der Waals surface area contributed by atoms with Crippen molar-refractivity contribution in [3.8, 4) is 5.75 Å². The first-order chi connectivity index (χ1) is 22.6. The van der Waals surface area contributed by atoms with Crippen molar-refractivity contribution < 1.29 is 28.6 Å². The normalized spacial score (nSPS) is 23.5. The van der Waals surface area contributed by atoms with Crippen LogP contribution in [-0.4, -0.2) is 123 Å². The SMILES string of the molecule is C[C@@H]1COCCN1C[C@H]1CN(C(=O)OC(C)(C)C)[C@H](C)CN1CC(=O)N1CC(C)(C)c2c1cc(Cc1ccc(F)cc1O)c1ncnn21. The summed E-state index contributed by atoms with van der Waals surface area (Å²) < 4.78 is 27.0. The summed E-state index contributed by atoms with van der Waals surface area (Å²) in [6.07, 6.45) is 1.44. The maximum Gasteiger partial charge on any atom is 0.410 e. The molecule has 0 bridgehead atoms. The summed E-state index contributed by atoms with van der Waals surface area (Å²) in [5, 5.41) is 15.0. The fourth-order valence-corrected chi connectivity index (χ4v) is 7.28. The molecule has 3 aliphatic heterocycles. The maximum absolute atomic E-state index is 14.4. The highest BCUT2D eigenvalue weighted by Gasteiger charge is 2.44. The standard InChI is InChI=1S/C35H48FN7O5/c1-22-15-40(27(16-39-10-11-47-19-23(39)2)17-41(22)33(46)48-34(3,4)5)18-30(45)42-20-35(6,7)31-28(42)13-25(32-37-21-38-43(31)32)12-24-8-9-26(36)14-29(24)44/h8-9,13-14,21-23,27,44H,10-12,15-20H2,1-7H3/t22-,23-,27+/m1/s1. The van der Waals surface area contributed by atoms with Gasteiger partial charge in [0.15, 0.2) is 5.65 Å². The third-order valence-corrected chi connectivity index (χ3v) is 9.69. The molecular formula is C35H48FN7O5. The van der Waals surface area contributed by atoms with E-state index in [1.807, 2.05) is 38.7 Å². The van der Waals surface area contributed by atoms with Gasteiger partial charge in [0.25, 0.3) is 0 Å². The number of phenolic OH excluding ortho intramolecular Hbond substituents is 1. The molecular weight excluding hydrogens is 617 g/mol.